The van der Waals surface area contributed by atoms with Gasteiger partial charge in [0.25, 0.3) is 5.91 Å². The van der Waals surface area contributed by atoms with E-state index in [1.807, 2.05) is 44.2 Å². The van der Waals surface area contributed by atoms with Gasteiger partial charge in [0, 0.05) is 17.1 Å². The summed E-state index contributed by atoms with van der Waals surface area (Å²) in [6.07, 6.45) is 2.86. The van der Waals surface area contributed by atoms with E-state index >= 15 is 0 Å². The van der Waals surface area contributed by atoms with Crippen LogP contribution in [0.4, 0.5) is 17.2 Å². The second-order valence-corrected chi connectivity index (χ2v) is 6.28. The van der Waals surface area contributed by atoms with E-state index in [-0.39, 0.29) is 5.91 Å². The van der Waals surface area contributed by atoms with Crippen LogP contribution in [0.2, 0.25) is 0 Å². The molecule has 0 aliphatic rings. The summed E-state index contributed by atoms with van der Waals surface area (Å²) in [5, 5.41) is 18.8. The fraction of sp³-hybridized carbons (Fsp3) is 0.100. The summed E-state index contributed by atoms with van der Waals surface area (Å²) >= 11 is 0. The average molecular weight is 374 g/mol. The van der Waals surface area contributed by atoms with Crippen molar-refractivity contribution < 1.29 is 9.21 Å². The summed E-state index contributed by atoms with van der Waals surface area (Å²) in [5.41, 5.74) is 3.92. The van der Waals surface area contributed by atoms with E-state index in [0.29, 0.717) is 22.9 Å². The Balaban J connectivity index is 1.41. The molecule has 0 fully saturated rings. The number of aromatic nitrogens is 4. The maximum absolute atomic E-state index is 12.0. The standard InChI is InChI=1S/C20H18N6O2/c1-13-11-14(2)26(25-13)19-8-7-18(23-24-19)21-16-3-5-17(6-4-16)22-20(27)15-9-10-28-12-15/h3-12H,1-2H3,(H,21,23)(H,22,27). The van der Waals surface area contributed by atoms with Gasteiger partial charge in [-0.25, -0.2) is 4.68 Å². The van der Waals surface area contributed by atoms with Crippen LogP contribution in [0.15, 0.2) is 65.5 Å². The number of benzene rings is 1. The SMILES string of the molecule is Cc1cc(C)n(-c2ccc(Nc3ccc(NC(=O)c4ccoc4)cc3)nn2)n1. The quantitative estimate of drug-likeness (QED) is 0.550. The third-order valence-electron chi connectivity index (χ3n) is 4.08. The third kappa shape index (κ3) is 3.75. The van der Waals surface area contributed by atoms with Crippen LogP contribution in [0, 0.1) is 13.8 Å². The fourth-order valence-electron chi connectivity index (χ4n) is 2.75. The lowest BCUT2D eigenvalue weighted by atomic mass is 10.2. The van der Waals surface area contributed by atoms with Gasteiger partial charge < -0.3 is 15.1 Å². The molecule has 0 radical (unpaired) electrons. The zero-order chi connectivity index (χ0) is 19.5. The lowest BCUT2D eigenvalue weighted by molar-refractivity contribution is 0.102. The second-order valence-electron chi connectivity index (χ2n) is 6.28. The largest absolute Gasteiger partial charge is 0.472 e. The molecule has 140 valence electrons. The topological polar surface area (TPSA) is 97.9 Å². The van der Waals surface area contributed by atoms with Gasteiger partial charge in [-0.3, -0.25) is 4.79 Å². The number of nitrogens with one attached hydrogen (secondary N) is 2. The number of carbonyl (C=O) groups excluding carboxylic acids is 1. The molecule has 0 spiro atoms. The molecular weight excluding hydrogens is 356 g/mol. The van der Waals surface area contributed by atoms with Gasteiger partial charge in [0.2, 0.25) is 0 Å². The maximum Gasteiger partial charge on any atom is 0.258 e. The van der Waals surface area contributed by atoms with Gasteiger partial charge in [-0.2, -0.15) is 5.10 Å². The molecule has 0 saturated heterocycles. The zero-order valence-corrected chi connectivity index (χ0v) is 15.4. The van der Waals surface area contributed by atoms with Gasteiger partial charge in [-0.1, -0.05) is 0 Å². The van der Waals surface area contributed by atoms with Gasteiger partial charge >= 0.3 is 0 Å². The predicted molar refractivity (Wildman–Crippen MR) is 105 cm³/mol. The van der Waals surface area contributed by atoms with E-state index in [0.717, 1.165) is 17.1 Å². The molecule has 0 bridgehead atoms. The summed E-state index contributed by atoms with van der Waals surface area (Å²) in [7, 11) is 0. The monoisotopic (exact) mass is 374 g/mol. The molecule has 8 heteroatoms. The first kappa shape index (κ1) is 17.5. The Morgan fingerprint density at radius 2 is 1.79 bits per heavy atom. The molecule has 3 heterocycles. The van der Waals surface area contributed by atoms with E-state index < -0.39 is 0 Å². The number of hydrogen-bond donors (Lipinski definition) is 2. The van der Waals surface area contributed by atoms with Gasteiger partial charge in [0.1, 0.15) is 6.26 Å². The predicted octanol–water partition coefficient (Wildman–Crippen LogP) is 3.87. The highest BCUT2D eigenvalue weighted by Crippen LogP contribution is 2.19. The van der Waals surface area contributed by atoms with Crippen molar-refractivity contribution in [3.8, 4) is 5.82 Å². The van der Waals surface area contributed by atoms with Crippen molar-refractivity contribution in [3.63, 3.8) is 0 Å². The molecule has 28 heavy (non-hydrogen) atoms. The van der Waals surface area contributed by atoms with Crippen molar-refractivity contribution in [1.29, 1.82) is 0 Å². The third-order valence-corrected chi connectivity index (χ3v) is 4.08. The van der Waals surface area contributed by atoms with E-state index in [4.69, 9.17) is 4.42 Å². The molecule has 1 aromatic carbocycles. The van der Waals surface area contributed by atoms with Crippen molar-refractivity contribution in [3.05, 3.63) is 78.0 Å². The molecule has 0 aliphatic carbocycles. The molecule has 2 N–H and O–H groups in total. The number of rotatable bonds is 5. The molecule has 8 nitrogen and oxygen atoms in total. The van der Waals surface area contributed by atoms with Crippen molar-refractivity contribution in [2.24, 2.45) is 0 Å². The van der Waals surface area contributed by atoms with Gasteiger partial charge in [-0.15, -0.1) is 10.2 Å². The first-order chi connectivity index (χ1) is 13.6. The Kier molecular flexibility index (Phi) is 4.59. The number of amides is 1. The minimum absolute atomic E-state index is 0.222. The van der Waals surface area contributed by atoms with E-state index in [2.05, 4.69) is 25.9 Å². The van der Waals surface area contributed by atoms with Crippen molar-refractivity contribution >= 4 is 23.1 Å². The molecule has 0 atom stereocenters. The second kappa shape index (κ2) is 7.36. The van der Waals surface area contributed by atoms with Crippen molar-refractivity contribution in [2.75, 3.05) is 10.6 Å². The normalized spacial score (nSPS) is 10.6. The molecular formula is C20H18N6O2. The first-order valence-electron chi connectivity index (χ1n) is 8.66. The van der Waals surface area contributed by atoms with Gasteiger partial charge in [0.15, 0.2) is 11.6 Å². The highest BCUT2D eigenvalue weighted by molar-refractivity contribution is 6.04. The minimum Gasteiger partial charge on any atom is -0.472 e. The smallest absolute Gasteiger partial charge is 0.258 e. The van der Waals surface area contributed by atoms with Gasteiger partial charge in [0.05, 0.1) is 17.5 Å². The number of carbonyl (C=O) groups is 1. The summed E-state index contributed by atoms with van der Waals surface area (Å²) < 4.78 is 6.67. The Labute approximate surface area is 161 Å². The lowest BCUT2D eigenvalue weighted by Gasteiger charge is -2.08. The summed E-state index contributed by atoms with van der Waals surface area (Å²) in [5.74, 6) is 1.05. The van der Waals surface area contributed by atoms with Crippen LogP contribution in [0.1, 0.15) is 21.7 Å². The molecule has 0 aliphatic heterocycles. The summed E-state index contributed by atoms with van der Waals surface area (Å²) in [6.45, 7) is 3.91. The fourth-order valence-corrected chi connectivity index (χ4v) is 2.75. The summed E-state index contributed by atoms with van der Waals surface area (Å²) in [4.78, 5) is 12.0. The number of furan rings is 1. The molecule has 4 rings (SSSR count). The number of aryl methyl sites for hydroxylation is 2. The highest BCUT2D eigenvalue weighted by atomic mass is 16.3. The molecule has 3 aromatic heterocycles. The zero-order valence-electron chi connectivity index (χ0n) is 15.4. The van der Waals surface area contributed by atoms with Crippen molar-refractivity contribution in [1.82, 2.24) is 20.0 Å². The van der Waals surface area contributed by atoms with Crippen LogP contribution in [0.5, 0.6) is 0 Å². The number of hydrogen-bond acceptors (Lipinski definition) is 6. The highest BCUT2D eigenvalue weighted by Gasteiger charge is 2.08. The van der Waals surface area contributed by atoms with E-state index in [9.17, 15) is 4.79 Å². The maximum atomic E-state index is 12.0. The minimum atomic E-state index is -0.222. The van der Waals surface area contributed by atoms with Crippen LogP contribution < -0.4 is 10.6 Å². The molecule has 4 aromatic rings. The van der Waals surface area contributed by atoms with E-state index in [1.165, 1.54) is 12.5 Å². The number of anilines is 3. The average Bonchev–Trinajstić information content (AvgIpc) is 3.34. The molecule has 0 saturated carbocycles. The number of nitrogens with zero attached hydrogens (tertiary/aromatic N) is 4. The van der Waals surface area contributed by atoms with Crippen LogP contribution in [-0.4, -0.2) is 25.9 Å². The van der Waals surface area contributed by atoms with Crippen LogP contribution in [0.3, 0.4) is 0 Å². The van der Waals surface area contributed by atoms with Crippen LogP contribution in [-0.2, 0) is 0 Å². The van der Waals surface area contributed by atoms with E-state index in [1.54, 1.807) is 22.9 Å². The molecule has 1 amide bonds. The Morgan fingerprint density at radius 3 is 2.39 bits per heavy atom. The Bertz CT molecular complexity index is 1080. The lowest BCUT2D eigenvalue weighted by Crippen LogP contribution is -2.10. The van der Waals surface area contributed by atoms with Gasteiger partial charge in [-0.05, 0) is 62.4 Å². The molecule has 0 unspecified atom stereocenters. The first-order valence-corrected chi connectivity index (χ1v) is 8.66. The van der Waals surface area contributed by atoms with Crippen molar-refractivity contribution in [2.45, 2.75) is 13.8 Å². The van der Waals surface area contributed by atoms with Crippen LogP contribution in [0.25, 0.3) is 5.82 Å². The Hall–Kier alpha value is -3.94. The Morgan fingerprint density at radius 1 is 1.00 bits per heavy atom. The van der Waals surface area contributed by atoms with Crippen LogP contribution >= 0.6 is 0 Å². The summed E-state index contributed by atoms with van der Waals surface area (Å²) in [6, 6.07) is 14.6.